The molecule has 2 aliphatic heterocycles. The van der Waals surface area contributed by atoms with Crippen molar-refractivity contribution in [1.29, 1.82) is 0 Å². The smallest absolute Gasteiger partial charge is 0.258 e. The van der Waals surface area contributed by atoms with Crippen molar-refractivity contribution in [2.45, 2.75) is 32.6 Å². The van der Waals surface area contributed by atoms with Gasteiger partial charge in [-0.3, -0.25) is 4.79 Å². The van der Waals surface area contributed by atoms with Crippen LogP contribution >= 0.6 is 23.2 Å². The molecule has 28 heavy (non-hydrogen) atoms. The molecule has 1 amide bonds. The third kappa shape index (κ3) is 3.92. The zero-order valence-corrected chi connectivity index (χ0v) is 17.2. The fraction of sp³-hybridized carbons (Fsp3) is 0.500. The molecule has 2 saturated heterocycles. The van der Waals surface area contributed by atoms with E-state index < -0.39 is 0 Å². The lowest BCUT2D eigenvalue weighted by molar-refractivity contribution is -0.0969. The number of amides is 1. The molecule has 1 aromatic carbocycles. The van der Waals surface area contributed by atoms with Crippen molar-refractivity contribution in [1.82, 2.24) is 14.7 Å². The minimum Gasteiger partial charge on any atom is -0.350 e. The highest BCUT2D eigenvalue weighted by molar-refractivity contribution is 6.33. The number of rotatable bonds is 4. The summed E-state index contributed by atoms with van der Waals surface area (Å²) >= 11 is 12.8. The Kier molecular flexibility index (Phi) is 5.92. The second kappa shape index (κ2) is 8.41. The quantitative estimate of drug-likeness (QED) is 0.750. The molecular weight excluding hydrogens is 401 g/mol. The second-order valence-electron chi connectivity index (χ2n) is 7.26. The molecule has 0 unspecified atom stereocenters. The number of hydrogen-bond acceptors (Lipinski definition) is 4. The van der Waals surface area contributed by atoms with Gasteiger partial charge >= 0.3 is 0 Å². The van der Waals surface area contributed by atoms with Crippen LogP contribution in [0, 0.1) is 12.8 Å². The number of hydrogen-bond donors (Lipinski definition) is 0. The maximum Gasteiger partial charge on any atom is 0.258 e. The summed E-state index contributed by atoms with van der Waals surface area (Å²) in [6, 6.07) is 7.54. The average molecular weight is 424 g/mol. The Morgan fingerprint density at radius 2 is 2.00 bits per heavy atom. The van der Waals surface area contributed by atoms with Crippen LogP contribution in [-0.4, -0.2) is 53.2 Å². The number of likely N-dealkylation sites (tertiary alicyclic amines) is 1. The molecule has 150 valence electrons. The molecule has 0 radical (unpaired) electrons. The highest BCUT2D eigenvalue weighted by Gasteiger charge is 2.34. The Morgan fingerprint density at radius 1 is 1.25 bits per heavy atom. The van der Waals surface area contributed by atoms with E-state index in [1.54, 1.807) is 4.68 Å². The zero-order chi connectivity index (χ0) is 19.7. The third-order valence-corrected chi connectivity index (χ3v) is 6.09. The van der Waals surface area contributed by atoms with Crippen molar-refractivity contribution >= 4 is 29.1 Å². The number of ether oxygens (including phenoxy) is 2. The molecule has 3 heterocycles. The van der Waals surface area contributed by atoms with E-state index in [0.717, 1.165) is 18.4 Å². The number of nitrogens with zero attached hydrogens (tertiary/aromatic N) is 3. The molecule has 0 aliphatic carbocycles. The van der Waals surface area contributed by atoms with Crippen LogP contribution in [0.4, 0.5) is 0 Å². The summed E-state index contributed by atoms with van der Waals surface area (Å²) in [7, 11) is 0. The summed E-state index contributed by atoms with van der Waals surface area (Å²) in [4.78, 5) is 15.1. The Balaban J connectivity index is 1.52. The van der Waals surface area contributed by atoms with Crippen LogP contribution in [0.5, 0.6) is 0 Å². The topological polar surface area (TPSA) is 56.6 Å². The first-order valence-electron chi connectivity index (χ1n) is 9.53. The van der Waals surface area contributed by atoms with E-state index in [1.807, 2.05) is 36.1 Å². The lowest BCUT2D eigenvalue weighted by Gasteiger charge is -2.34. The summed E-state index contributed by atoms with van der Waals surface area (Å²) < 4.78 is 12.9. The Hall–Kier alpha value is -1.60. The van der Waals surface area contributed by atoms with Gasteiger partial charge in [0.1, 0.15) is 5.15 Å². The lowest BCUT2D eigenvalue weighted by Crippen LogP contribution is -2.44. The fourth-order valence-corrected chi connectivity index (χ4v) is 4.42. The second-order valence-corrected chi connectivity index (χ2v) is 8.03. The maximum absolute atomic E-state index is 13.2. The molecule has 2 fully saturated rings. The predicted octanol–water partition coefficient (Wildman–Crippen LogP) is 3.77. The van der Waals surface area contributed by atoms with E-state index in [9.17, 15) is 4.79 Å². The van der Waals surface area contributed by atoms with Crippen LogP contribution in [0.1, 0.15) is 34.5 Å². The first-order valence-corrected chi connectivity index (χ1v) is 10.3. The highest BCUT2D eigenvalue weighted by Crippen LogP contribution is 2.29. The van der Waals surface area contributed by atoms with Crippen molar-refractivity contribution in [3.05, 3.63) is 51.3 Å². The molecule has 1 aromatic heterocycles. The van der Waals surface area contributed by atoms with Gasteiger partial charge in [-0.25, -0.2) is 4.68 Å². The molecule has 6 nitrogen and oxygen atoms in total. The van der Waals surface area contributed by atoms with E-state index in [-0.39, 0.29) is 18.1 Å². The number of aromatic nitrogens is 2. The van der Waals surface area contributed by atoms with E-state index >= 15 is 0 Å². The molecule has 2 aliphatic rings. The van der Waals surface area contributed by atoms with E-state index in [4.69, 9.17) is 32.7 Å². The number of piperidine rings is 1. The summed E-state index contributed by atoms with van der Waals surface area (Å²) in [5.74, 6) is 0.105. The first kappa shape index (κ1) is 19.7. The van der Waals surface area contributed by atoms with Crippen molar-refractivity contribution in [2.24, 2.45) is 5.92 Å². The van der Waals surface area contributed by atoms with Crippen molar-refractivity contribution < 1.29 is 14.3 Å². The van der Waals surface area contributed by atoms with Crippen LogP contribution in [0.25, 0.3) is 0 Å². The van der Waals surface area contributed by atoms with Crippen LogP contribution in [0.15, 0.2) is 24.3 Å². The molecule has 2 aromatic rings. The van der Waals surface area contributed by atoms with Gasteiger partial charge in [-0.1, -0.05) is 41.4 Å². The predicted molar refractivity (Wildman–Crippen MR) is 107 cm³/mol. The summed E-state index contributed by atoms with van der Waals surface area (Å²) in [6.07, 6.45) is 1.70. The third-order valence-electron chi connectivity index (χ3n) is 5.33. The SMILES string of the molecule is Cc1nn(Cc2ccccc2Cl)c(Cl)c1C(=O)N1CCC[C@@H](C2OCCO2)C1. The molecule has 0 spiro atoms. The van der Waals surface area contributed by atoms with Gasteiger partial charge in [0.15, 0.2) is 6.29 Å². The number of carbonyl (C=O) groups is 1. The van der Waals surface area contributed by atoms with Gasteiger partial charge in [0.2, 0.25) is 0 Å². The minimum atomic E-state index is -0.213. The Bertz CT molecular complexity index is 864. The zero-order valence-electron chi connectivity index (χ0n) is 15.7. The van der Waals surface area contributed by atoms with E-state index in [1.165, 1.54) is 0 Å². The van der Waals surface area contributed by atoms with E-state index in [2.05, 4.69) is 5.10 Å². The number of carbonyl (C=O) groups excluding carboxylic acids is 1. The summed E-state index contributed by atoms with van der Waals surface area (Å²) in [5, 5.41) is 5.48. The van der Waals surface area contributed by atoms with E-state index in [0.29, 0.717) is 54.3 Å². The largest absolute Gasteiger partial charge is 0.350 e. The van der Waals surface area contributed by atoms with Gasteiger partial charge in [-0.2, -0.15) is 5.10 Å². The van der Waals surface area contributed by atoms with Crippen LogP contribution < -0.4 is 0 Å². The minimum absolute atomic E-state index is 0.0874. The number of aryl methyl sites for hydroxylation is 1. The average Bonchev–Trinajstić information content (AvgIpc) is 3.32. The van der Waals surface area contributed by atoms with Gasteiger partial charge in [0.25, 0.3) is 5.91 Å². The number of halogens is 2. The molecule has 1 atom stereocenters. The molecule has 0 N–H and O–H groups in total. The molecule has 8 heteroatoms. The standard InChI is InChI=1S/C20H23Cl2N3O3/c1-13-17(18(22)25(23-13)12-14-5-2-3-7-16(14)21)19(26)24-8-4-6-15(11-24)20-27-9-10-28-20/h2-3,5,7,15,20H,4,6,8-12H2,1H3/t15-/m1/s1. The first-order chi connectivity index (χ1) is 13.5. The van der Waals surface area contributed by atoms with Crippen molar-refractivity contribution in [3.8, 4) is 0 Å². The Labute approximate surface area is 174 Å². The van der Waals surface area contributed by atoms with Gasteiger partial charge in [-0.05, 0) is 31.4 Å². The molecule has 4 rings (SSSR count). The normalized spacial score (nSPS) is 20.7. The number of benzene rings is 1. The van der Waals surface area contributed by atoms with Crippen LogP contribution in [0.3, 0.4) is 0 Å². The Morgan fingerprint density at radius 3 is 2.75 bits per heavy atom. The van der Waals surface area contributed by atoms with Gasteiger partial charge in [0, 0.05) is 24.0 Å². The summed E-state index contributed by atoms with van der Waals surface area (Å²) in [6.45, 7) is 4.78. The maximum atomic E-state index is 13.2. The molecular formula is C20H23Cl2N3O3. The fourth-order valence-electron chi connectivity index (χ4n) is 3.91. The monoisotopic (exact) mass is 423 g/mol. The van der Waals surface area contributed by atoms with Gasteiger partial charge in [0.05, 0.1) is 31.0 Å². The lowest BCUT2D eigenvalue weighted by atomic mass is 9.97. The summed E-state index contributed by atoms with van der Waals surface area (Å²) in [5.41, 5.74) is 1.99. The van der Waals surface area contributed by atoms with Gasteiger partial charge < -0.3 is 14.4 Å². The van der Waals surface area contributed by atoms with Crippen LogP contribution in [0.2, 0.25) is 10.2 Å². The molecule has 0 bridgehead atoms. The van der Waals surface area contributed by atoms with Gasteiger partial charge in [-0.15, -0.1) is 0 Å². The highest BCUT2D eigenvalue weighted by atomic mass is 35.5. The van der Waals surface area contributed by atoms with Crippen molar-refractivity contribution in [2.75, 3.05) is 26.3 Å². The molecule has 0 saturated carbocycles. The van der Waals surface area contributed by atoms with Crippen LogP contribution in [-0.2, 0) is 16.0 Å². The van der Waals surface area contributed by atoms with Crippen molar-refractivity contribution in [3.63, 3.8) is 0 Å².